The summed E-state index contributed by atoms with van der Waals surface area (Å²) in [6.45, 7) is 5.21. The maximum absolute atomic E-state index is 12.0. The van der Waals surface area contributed by atoms with Crippen LogP contribution in [0.25, 0.3) is 0 Å². The third-order valence-corrected chi connectivity index (χ3v) is 3.06. The number of carbonyl (C=O) groups excluding carboxylic acids is 1. The van der Waals surface area contributed by atoms with Gasteiger partial charge in [0.25, 0.3) is 0 Å². The summed E-state index contributed by atoms with van der Waals surface area (Å²) in [6, 6.07) is 8.19. The molecule has 0 heterocycles. The highest BCUT2D eigenvalue weighted by molar-refractivity contribution is 5.76. The van der Waals surface area contributed by atoms with Crippen molar-refractivity contribution in [1.29, 1.82) is 0 Å². The molecule has 1 aromatic carbocycles. The van der Waals surface area contributed by atoms with Gasteiger partial charge in [0.2, 0.25) is 5.91 Å². The van der Waals surface area contributed by atoms with Crippen molar-refractivity contribution in [2.75, 3.05) is 25.5 Å². The van der Waals surface area contributed by atoms with Gasteiger partial charge >= 0.3 is 0 Å². The van der Waals surface area contributed by atoms with Crippen molar-refractivity contribution in [2.45, 2.75) is 32.9 Å². The minimum atomic E-state index is -0.0855. The molecular weight excluding hydrogens is 238 g/mol. The van der Waals surface area contributed by atoms with Gasteiger partial charge in [-0.3, -0.25) is 4.79 Å². The van der Waals surface area contributed by atoms with Crippen LogP contribution in [0.3, 0.4) is 0 Å². The van der Waals surface area contributed by atoms with Crippen LogP contribution in [-0.2, 0) is 11.3 Å². The Kier molecular flexibility index (Phi) is 5.83. The van der Waals surface area contributed by atoms with E-state index in [-0.39, 0.29) is 11.9 Å². The molecule has 106 valence electrons. The second-order valence-corrected chi connectivity index (χ2v) is 5.15. The molecule has 2 N–H and O–H groups in total. The lowest BCUT2D eigenvalue weighted by molar-refractivity contribution is -0.131. The first kappa shape index (κ1) is 15.5. The Hall–Kier alpha value is -1.55. The molecule has 1 atom stereocenters. The van der Waals surface area contributed by atoms with E-state index in [1.165, 1.54) is 0 Å². The molecule has 0 aliphatic rings. The van der Waals surface area contributed by atoms with Crippen molar-refractivity contribution in [2.24, 2.45) is 5.73 Å². The van der Waals surface area contributed by atoms with Crippen molar-refractivity contribution in [1.82, 2.24) is 4.90 Å². The Morgan fingerprint density at radius 2 is 1.84 bits per heavy atom. The van der Waals surface area contributed by atoms with E-state index >= 15 is 0 Å². The van der Waals surface area contributed by atoms with E-state index in [0.717, 1.165) is 11.3 Å². The second kappa shape index (κ2) is 7.14. The van der Waals surface area contributed by atoms with Crippen molar-refractivity contribution in [3.8, 4) is 0 Å². The maximum Gasteiger partial charge on any atom is 0.224 e. The van der Waals surface area contributed by atoms with Gasteiger partial charge in [-0.15, -0.1) is 0 Å². The van der Waals surface area contributed by atoms with Crippen molar-refractivity contribution in [3.63, 3.8) is 0 Å². The molecule has 0 aliphatic carbocycles. The fourth-order valence-electron chi connectivity index (χ4n) is 1.90. The van der Waals surface area contributed by atoms with Crippen LogP contribution in [-0.4, -0.2) is 37.5 Å². The third-order valence-electron chi connectivity index (χ3n) is 3.06. The van der Waals surface area contributed by atoms with E-state index in [1.54, 1.807) is 0 Å². The summed E-state index contributed by atoms with van der Waals surface area (Å²) in [5.41, 5.74) is 7.98. The lowest BCUT2D eigenvalue weighted by Crippen LogP contribution is -2.34. The number of hydrogen-bond donors (Lipinski definition) is 1. The number of hydrogen-bond acceptors (Lipinski definition) is 3. The van der Waals surface area contributed by atoms with Crippen LogP contribution in [0.4, 0.5) is 5.69 Å². The first-order valence-electron chi connectivity index (χ1n) is 6.73. The predicted octanol–water partition coefficient (Wildman–Crippen LogP) is 1.84. The van der Waals surface area contributed by atoms with Crippen LogP contribution in [0.5, 0.6) is 0 Å². The average molecular weight is 263 g/mol. The van der Waals surface area contributed by atoms with Crippen LogP contribution in [0.15, 0.2) is 24.3 Å². The molecule has 4 nitrogen and oxygen atoms in total. The highest BCUT2D eigenvalue weighted by Crippen LogP contribution is 2.14. The number of rotatable bonds is 6. The number of amides is 1. The van der Waals surface area contributed by atoms with Gasteiger partial charge in [0.15, 0.2) is 0 Å². The first-order chi connectivity index (χ1) is 8.93. The van der Waals surface area contributed by atoms with Crippen LogP contribution >= 0.6 is 0 Å². The van der Waals surface area contributed by atoms with E-state index in [2.05, 4.69) is 29.2 Å². The van der Waals surface area contributed by atoms with Crippen LogP contribution in [0.1, 0.15) is 25.8 Å². The Bertz CT molecular complexity index is 398. The summed E-state index contributed by atoms with van der Waals surface area (Å²) in [5, 5.41) is 0. The van der Waals surface area contributed by atoms with Crippen LogP contribution < -0.4 is 10.6 Å². The van der Waals surface area contributed by atoms with Gasteiger partial charge in [-0.25, -0.2) is 0 Å². The summed E-state index contributed by atoms with van der Waals surface area (Å²) < 4.78 is 0. The van der Waals surface area contributed by atoms with Gasteiger partial charge in [0.05, 0.1) is 0 Å². The molecule has 0 saturated carbocycles. The Morgan fingerprint density at radius 3 is 2.26 bits per heavy atom. The zero-order chi connectivity index (χ0) is 14.4. The topological polar surface area (TPSA) is 49.6 Å². The van der Waals surface area contributed by atoms with Crippen molar-refractivity contribution in [3.05, 3.63) is 29.8 Å². The average Bonchev–Trinajstić information content (AvgIpc) is 2.35. The molecule has 1 aromatic rings. The first-order valence-corrected chi connectivity index (χ1v) is 6.73. The summed E-state index contributed by atoms with van der Waals surface area (Å²) in [7, 11) is 4.03. The molecule has 0 fully saturated rings. The SMILES string of the molecule is CCN(Cc1ccc(N(C)C)cc1)C(=O)CC(C)N. The largest absolute Gasteiger partial charge is 0.378 e. The monoisotopic (exact) mass is 263 g/mol. The molecule has 19 heavy (non-hydrogen) atoms. The Balaban J connectivity index is 2.67. The molecule has 1 unspecified atom stereocenters. The molecule has 0 radical (unpaired) electrons. The summed E-state index contributed by atoms with van der Waals surface area (Å²) in [4.78, 5) is 15.9. The molecule has 1 amide bonds. The molecular formula is C15H25N3O. The zero-order valence-corrected chi connectivity index (χ0v) is 12.4. The fraction of sp³-hybridized carbons (Fsp3) is 0.533. The number of benzene rings is 1. The minimum Gasteiger partial charge on any atom is -0.378 e. The molecule has 0 spiro atoms. The normalized spacial score (nSPS) is 12.1. The van der Waals surface area contributed by atoms with E-state index in [4.69, 9.17) is 5.73 Å². The maximum atomic E-state index is 12.0. The standard InChI is InChI=1S/C15H25N3O/c1-5-18(15(19)10-12(2)16)11-13-6-8-14(9-7-13)17(3)4/h6-9,12H,5,10-11,16H2,1-4H3. The number of nitrogens with zero attached hydrogens (tertiary/aromatic N) is 2. The third kappa shape index (κ3) is 4.91. The Labute approximate surface area is 116 Å². The second-order valence-electron chi connectivity index (χ2n) is 5.15. The smallest absolute Gasteiger partial charge is 0.224 e. The van der Waals surface area contributed by atoms with Crippen LogP contribution in [0.2, 0.25) is 0 Å². The van der Waals surface area contributed by atoms with Crippen molar-refractivity contribution >= 4 is 11.6 Å². The lowest BCUT2D eigenvalue weighted by Gasteiger charge is -2.22. The quantitative estimate of drug-likeness (QED) is 0.852. The molecule has 0 saturated heterocycles. The summed E-state index contributed by atoms with van der Waals surface area (Å²) >= 11 is 0. The van der Waals surface area contributed by atoms with Gasteiger partial charge in [0.1, 0.15) is 0 Å². The highest BCUT2D eigenvalue weighted by atomic mass is 16.2. The predicted molar refractivity (Wildman–Crippen MR) is 80.1 cm³/mol. The highest BCUT2D eigenvalue weighted by Gasteiger charge is 2.13. The van der Waals surface area contributed by atoms with Crippen molar-refractivity contribution < 1.29 is 4.79 Å². The van der Waals surface area contributed by atoms with E-state index in [1.807, 2.05) is 32.8 Å². The Morgan fingerprint density at radius 1 is 1.26 bits per heavy atom. The summed E-state index contributed by atoms with van der Waals surface area (Å²) in [6.07, 6.45) is 0.406. The lowest BCUT2D eigenvalue weighted by atomic mass is 10.1. The van der Waals surface area contributed by atoms with Gasteiger partial charge in [-0.1, -0.05) is 12.1 Å². The van der Waals surface area contributed by atoms with Gasteiger partial charge in [-0.05, 0) is 31.5 Å². The number of carbonyl (C=O) groups is 1. The van der Waals surface area contributed by atoms with E-state index in [9.17, 15) is 4.79 Å². The fourth-order valence-corrected chi connectivity index (χ4v) is 1.90. The molecule has 4 heteroatoms. The van der Waals surface area contributed by atoms with Gasteiger partial charge in [-0.2, -0.15) is 0 Å². The van der Waals surface area contributed by atoms with E-state index < -0.39 is 0 Å². The van der Waals surface area contributed by atoms with Gasteiger partial charge < -0.3 is 15.5 Å². The summed E-state index contributed by atoms with van der Waals surface area (Å²) in [5.74, 6) is 0.120. The minimum absolute atomic E-state index is 0.0855. The van der Waals surface area contributed by atoms with E-state index in [0.29, 0.717) is 19.5 Å². The molecule has 0 aliphatic heterocycles. The van der Waals surface area contributed by atoms with Crippen LogP contribution in [0, 0.1) is 0 Å². The number of anilines is 1. The van der Waals surface area contributed by atoms with Gasteiger partial charge in [0, 0.05) is 45.3 Å². The molecule has 1 rings (SSSR count). The molecule has 0 bridgehead atoms. The molecule has 0 aromatic heterocycles. The number of nitrogens with two attached hydrogens (primary N) is 1. The zero-order valence-electron chi connectivity index (χ0n) is 12.4.